The maximum atomic E-state index is 12.7. The molecule has 150 valence electrons. The van der Waals surface area contributed by atoms with Crippen LogP contribution in [0, 0.1) is 0 Å². The summed E-state index contributed by atoms with van der Waals surface area (Å²) in [7, 11) is 0. The van der Waals surface area contributed by atoms with Crippen LogP contribution in [0.4, 0.5) is 5.69 Å². The molecule has 2 amide bonds. The number of nitrogens with zero attached hydrogens (tertiary/aromatic N) is 3. The smallest absolute Gasteiger partial charge is 0.242 e. The molecule has 0 spiro atoms. The second-order valence-electron chi connectivity index (χ2n) is 7.66. The van der Waals surface area contributed by atoms with E-state index in [1.54, 1.807) is 0 Å². The highest BCUT2D eigenvalue weighted by molar-refractivity contribution is 5.96. The second kappa shape index (κ2) is 9.04. The predicted octanol–water partition coefficient (Wildman–Crippen LogP) is 1.66. The molecule has 1 saturated heterocycles. The van der Waals surface area contributed by atoms with E-state index in [-0.39, 0.29) is 24.2 Å². The van der Waals surface area contributed by atoms with Crippen LogP contribution in [0.2, 0.25) is 0 Å². The summed E-state index contributed by atoms with van der Waals surface area (Å²) >= 11 is 0. The van der Waals surface area contributed by atoms with E-state index in [4.69, 9.17) is 5.73 Å². The molecule has 0 radical (unpaired) electrons. The number of hydrogen-bond donors (Lipinski definition) is 1. The van der Waals surface area contributed by atoms with Crippen molar-refractivity contribution in [2.45, 2.75) is 38.6 Å². The number of para-hydroxylation sites is 1. The van der Waals surface area contributed by atoms with Gasteiger partial charge in [-0.25, -0.2) is 0 Å². The maximum Gasteiger partial charge on any atom is 0.242 e. The molecule has 7 heteroatoms. The lowest BCUT2D eigenvalue weighted by Crippen LogP contribution is -2.58. The first kappa shape index (κ1) is 21.7. The Morgan fingerprint density at radius 3 is 2.44 bits per heavy atom. The van der Waals surface area contributed by atoms with Gasteiger partial charge in [-0.15, -0.1) is 12.4 Å². The normalized spacial score (nSPS) is 19.2. The largest absolute Gasteiger partial charge is 0.339 e. The predicted molar refractivity (Wildman–Crippen MR) is 110 cm³/mol. The molecule has 1 atom stereocenters. The van der Waals surface area contributed by atoms with Gasteiger partial charge in [0.05, 0.1) is 12.1 Å². The van der Waals surface area contributed by atoms with Crippen molar-refractivity contribution in [2.75, 3.05) is 44.2 Å². The number of halogens is 1. The van der Waals surface area contributed by atoms with E-state index in [1.807, 2.05) is 41.8 Å². The minimum Gasteiger partial charge on any atom is -0.339 e. The number of hydrogen-bond acceptors (Lipinski definition) is 4. The minimum atomic E-state index is -0.786. The van der Waals surface area contributed by atoms with Crippen molar-refractivity contribution in [1.29, 1.82) is 0 Å². The van der Waals surface area contributed by atoms with Crippen LogP contribution in [0.25, 0.3) is 0 Å². The molecule has 6 nitrogen and oxygen atoms in total. The third-order valence-corrected chi connectivity index (χ3v) is 5.46. The van der Waals surface area contributed by atoms with Gasteiger partial charge in [-0.1, -0.05) is 31.5 Å². The Morgan fingerprint density at radius 1 is 1.11 bits per heavy atom. The Labute approximate surface area is 168 Å². The molecule has 2 aliphatic rings. The number of benzene rings is 1. The van der Waals surface area contributed by atoms with Crippen molar-refractivity contribution in [3.05, 3.63) is 29.8 Å². The van der Waals surface area contributed by atoms with Crippen molar-refractivity contribution in [3.63, 3.8) is 0 Å². The average molecular weight is 395 g/mol. The number of piperazine rings is 1. The summed E-state index contributed by atoms with van der Waals surface area (Å²) in [5, 5.41) is 0. The summed E-state index contributed by atoms with van der Waals surface area (Å²) in [4.78, 5) is 31.2. The zero-order chi connectivity index (χ0) is 18.7. The van der Waals surface area contributed by atoms with Gasteiger partial charge in [0, 0.05) is 38.4 Å². The first-order chi connectivity index (χ1) is 12.4. The Balaban J connectivity index is 0.00000261. The van der Waals surface area contributed by atoms with Gasteiger partial charge in [-0.2, -0.15) is 0 Å². The van der Waals surface area contributed by atoms with Crippen LogP contribution in [0.15, 0.2) is 24.3 Å². The molecule has 0 bridgehead atoms. The van der Waals surface area contributed by atoms with Crippen LogP contribution < -0.4 is 10.6 Å². The van der Waals surface area contributed by atoms with E-state index in [9.17, 15) is 9.59 Å². The average Bonchev–Trinajstić information content (AvgIpc) is 3.06. The molecular formula is C20H31ClN4O2. The molecule has 2 N–H and O–H groups in total. The second-order valence-corrected chi connectivity index (χ2v) is 7.66. The van der Waals surface area contributed by atoms with Crippen LogP contribution >= 0.6 is 12.4 Å². The molecule has 0 aromatic heterocycles. The molecular weight excluding hydrogens is 364 g/mol. The van der Waals surface area contributed by atoms with Crippen LogP contribution in [-0.4, -0.2) is 66.4 Å². The maximum absolute atomic E-state index is 12.7. The number of fused-ring (bicyclic) bond motifs is 1. The fourth-order valence-corrected chi connectivity index (χ4v) is 3.97. The third kappa shape index (κ3) is 4.81. The van der Waals surface area contributed by atoms with E-state index in [1.165, 1.54) is 5.56 Å². The van der Waals surface area contributed by atoms with E-state index in [2.05, 4.69) is 11.0 Å². The first-order valence-electron chi connectivity index (χ1n) is 9.61. The van der Waals surface area contributed by atoms with E-state index >= 15 is 0 Å². The van der Waals surface area contributed by atoms with Gasteiger partial charge >= 0.3 is 0 Å². The summed E-state index contributed by atoms with van der Waals surface area (Å²) in [5.74, 6) is 0.170. The van der Waals surface area contributed by atoms with Gasteiger partial charge in [-0.05, 0) is 31.4 Å². The van der Waals surface area contributed by atoms with Crippen molar-refractivity contribution in [1.82, 2.24) is 9.80 Å². The fraction of sp³-hybridized carbons (Fsp3) is 0.600. The lowest BCUT2D eigenvalue weighted by molar-refractivity contribution is -0.138. The Hall–Kier alpha value is -1.63. The number of nitrogens with two attached hydrogens (primary N) is 1. The number of anilines is 1. The zero-order valence-electron chi connectivity index (χ0n) is 16.3. The minimum absolute atomic E-state index is 0. The standard InChI is InChI=1S/C20H30N4O2.ClH/c1-3-9-20(2,21)19(26)23-13-11-22(12-14-23)15-18(25)24-10-8-16-6-4-5-7-17(16)24;/h4-7H,3,8-15,21H2,1-2H3;1H. The first-order valence-corrected chi connectivity index (χ1v) is 9.61. The van der Waals surface area contributed by atoms with E-state index in [0.717, 1.165) is 38.2 Å². The van der Waals surface area contributed by atoms with Crippen LogP contribution in [-0.2, 0) is 16.0 Å². The van der Waals surface area contributed by atoms with Crippen LogP contribution in [0.3, 0.4) is 0 Å². The fourth-order valence-electron chi connectivity index (χ4n) is 3.97. The van der Waals surface area contributed by atoms with E-state index in [0.29, 0.717) is 26.1 Å². The third-order valence-electron chi connectivity index (χ3n) is 5.46. The Kier molecular flexibility index (Phi) is 7.25. The van der Waals surface area contributed by atoms with Crippen molar-refractivity contribution in [2.24, 2.45) is 5.73 Å². The topological polar surface area (TPSA) is 69.9 Å². The highest BCUT2D eigenvalue weighted by Crippen LogP contribution is 2.27. The van der Waals surface area contributed by atoms with Crippen LogP contribution in [0.1, 0.15) is 32.3 Å². The van der Waals surface area contributed by atoms with Crippen molar-refractivity contribution >= 4 is 29.9 Å². The van der Waals surface area contributed by atoms with Gasteiger partial charge in [0.1, 0.15) is 0 Å². The Morgan fingerprint density at radius 2 is 1.78 bits per heavy atom. The zero-order valence-corrected chi connectivity index (χ0v) is 17.1. The van der Waals surface area contributed by atoms with Crippen molar-refractivity contribution < 1.29 is 9.59 Å². The highest BCUT2D eigenvalue weighted by Gasteiger charge is 2.34. The van der Waals surface area contributed by atoms with Gasteiger partial charge in [0.25, 0.3) is 0 Å². The Bertz CT molecular complexity index is 672. The molecule has 1 aromatic rings. The summed E-state index contributed by atoms with van der Waals surface area (Å²) in [6.07, 6.45) is 2.51. The van der Waals surface area contributed by atoms with Crippen LogP contribution in [0.5, 0.6) is 0 Å². The molecule has 3 rings (SSSR count). The lowest BCUT2D eigenvalue weighted by atomic mass is 9.95. The van der Waals surface area contributed by atoms with Gasteiger partial charge in [0.2, 0.25) is 11.8 Å². The number of carbonyl (C=O) groups is 2. The molecule has 27 heavy (non-hydrogen) atoms. The highest BCUT2D eigenvalue weighted by atomic mass is 35.5. The molecule has 1 unspecified atom stereocenters. The van der Waals surface area contributed by atoms with E-state index < -0.39 is 5.54 Å². The molecule has 0 saturated carbocycles. The molecule has 2 aliphatic heterocycles. The molecule has 1 fully saturated rings. The molecule has 2 heterocycles. The van der Waals surface area contributed by atoms with Gasteiger partial charge in [-0.3, -0.25) is 14.5 Å². The van der Waals surface area contributed by atoms with Gasteiger partial charge < -0.3 is 15.5 Å². The number of carbonyl (C=O) groups excluding carboxylic acids is 2. The molecule has 0 aliphatic carbocycles. The number of rotatable bonds is 5. The summed E-state index contributed by atoms with van der Waals surface area (Å²) in [5.41, 5.74) is 7.68. The van der Waals surface area contributed by atoms with Gasteiger partial charge in [0.15, 0.2) is 0 Å². The molecule has 1 aromatic carbocycles. The summed E-state index contributed by atoms with van der Waals surface area (Å²) < 4.78 is 0. The SMILES string of the molecule is CCCC(C)(N)C(=O)N1CCN(CC(=O)N2CCc3ccccc32)CC1.Cl. The number of amides is 2. The lowest BCUT2D eigenvalue weighted by Gasteiger charge is -2.38. The van der Waals surface area contributed by atoms with Crippen molar-refractivity contribution in [3.8, 4) is 0 Å². The summed E-state index contributed by atoms with van der Waals surface area (Å²) in [6.45, 7) is 7.74. The monoisotopic (exact) mass is 394 g/mol. The quantitative estimate of drug-likeness (QED) is 0.824. The summed E-state index contributed by atoms with van der Waals surface area (Å²) in [6, 6.07) is 8.11.